The first kappa shape index (κ1) is 30.4. The van der Waals surface area contributed by atoms with E-state index in [1.807, 2.05) is 24.3 Å². The van der Waals surface area contributed by atoms with Crippen molar-refractivity contribution in [1.29, 1.82) is 0 Å². The van der Waals surface area contributed by atoms with Gasteiger partial charge < -0.3 is 14.5 Å². The van der Waals surface area contributed by atoms with Crippen LogP contribution in [0.3, 0.4) is 0 Å². The normalized spacial score (nSPS) is 14.5. The number of aliphatic imine (C=N–C) groups is 2. The Labute approximate surface area is 311 Å². The van der Waals surface area contributed by atoms with Crippen LogP contribution in [-0.2, 0) is 0 Å². The van der Waals surface area contributed by atoms with Crippen molar-refractivity contribution in [2.24, 2.45) is 9.98 Å². The number of para-hydroxylation sites is 2. The molecule has 254 valence electrons. The van der Waals surface area contributed by atoms with Gasteiger partial charge in [-0.15, -0.1) is 0 Å². The van der Waals surface area contributed by atoms with E-state index in [-0.39, 0.29) is 6.17 Å². The van der Waals surface area contributed by atoms with Crippen LogP contribution >= 0.6 is 0 Å². The van der Waals surface area contributed by atoms with Crippen molar-refractivity contribution in [3.05, 3.63) is 205 Å². The maximum atomic E-state index is 5.12. The van der Waals surface area contributed by atoms with Crippen molar-refractivity contribution < 1.29 is 0 Å². The van der Waals surface area contributed by atoms with E-state index in [1.54, 1.807) is 0 Å². The highest BCUT2D eigenvalue weighted by atomic mass is 15.2. The summed E-state index contributed by atoms with van der Waals surface area (Å²) in [5, 5.41) is 11.0. The topological polar surface area (TPSA) is 46.6 Å². The quantitative estimate of drug-likeness (QED) is 0.192. The minimum absolute atomic E-state index is 0.267. The molecule has 1 atom stereocenters. The molecule has 2 aromatic heterocycles. The first-order valence-electron chi connectivity index (χ1n) is 18.4. The number of benzene rings is 8. The van der Waals surface area contributed by atoms with Gasteiger partial charge in [0.1, 0.15) is 12.0 Å². The Morgan fingerprint density at radius 3 is 1.72 bits per heavy atom. The van der Waals surface area contributed by atoms with Crippen LogP contribution in [0.4, 0.5) is 0 Å². The minimum Gasteiger partial charge on any atom is -0.344 e. The van der Waals surface area contributed by atoms with E-state index < -0.39 is 0 Å². The molecule has 1 aliphatic rings. The molecular formula is C49H33N5. The largest absolute Gasteiger partial charge is 0.344 e. The SMILES string of the molecule is c1ccc(C2=NC(c3ccccc3)NC(c3cccc(-n4c5ccccc5c5cc6c7ccccc7n(-c7ccc8ccccc8c7)c6cc54)c3)=N2)cc1. The zero-order valence-electron chi connectivity index (χ0n) is 29.3. The summed E-state index contributed by atoms with van der Waals surface area (Å²) < 4.78 is 4.82. The fourth-order valence-corrected chi connectivity index (χ4v) is 8.21. The van der Waals surface area contributed by atoms with Gasteiger partial charge in [0.2, 0.25) is 0 Å². The maximum Gasteiger partial charge on any atom is 0.159 e. The number of hydrogen-bond acceptors (Lipinski definition) is 3. The molecule has 0 fully saturated rings. The van der Waals surface area contributed by atoms with E-state index in [4.69, 9.17) is 9.98 Å². The highest BCUT2D eigenvalue weighted by Gasteiger charge is 2.23. The lowest BCUT2D eigenvalue weighted by molar-refractivity contribution is 0.674. The Balaban J connectivity index is 1.12. The summed E-state index contributed by atoms with van der Waals surface area (Å²) in [4.78, 5) is 10.2. The summed E-state index contributed by atoms with van der Waals surface area (Å²) in [6, 6.07) is 66.9. The number of amidine groups is 2. The zero-order valence-corrected chi connectivity index (χ0v) is 29.3. The maximum absolute atomic E-state index is 5.12. The van der Waals surface area contributed by atoms with Crippen LogP contribution in [0.15, 0.2) is 198 Å². The monoisotopic (exact) mass is 691 g/mol. The third-order valence-corrected chi connectivity index (χ3v) is 10.7. The van der Waals surface area contributed by atoms with Crippen LogP contribution in [0.2, 0.25) is 0 Å². The van der Waals surface area contributed by atoms with Crippen molar-refractivity contribution >= 4 is 66.1 Å². The van der Waals surface area contributed by atoms with Gasteiger partial charge >= 0.3 is 0 Å². The summed E-state index contributed by atoms with van der Waals surface area (Å²) >= 11 is 0. The van der Waals surface area contributed by atoms with Gasteiger partial charge in [-0.05, 0) is 64.9 Å². The van der Waals surface area contributed by atoms with Crippen LogP contribution in [0.5, 0.6) is 0 Å². The molecule has 5 heteroatoms. The Bertz CT molecular complexity index is 3130. The summed E-state index contributed by atoms with van der Waals surface area (Å²) in [5.41, 5.74) is 9.96. The highest BCUT2D eigenvalue weighted by Crippen LogP contribution is 2.40. The summed E-state index contributed by atoms with van der Waals surface area (Å²) in [6.07, 6.45) is -0.267. The van der Waals surface area contributed by atoms with E-state index in [9.17, 15) is 0 Å². The van der Waals surface area contributed by atoms with Gasteiger partial charge in [0.05, 0.1) is 22.1 Å². The highest BCUT2D eigenvalue weighted by molar-refractivity contribution is 6.19. The van der Waals surface area contributed by atoms with Gasteiger partial charge in [-0.1, -0.05) is 140 Å². The molecule has 0 saturated carbocycles. The number of nitrogens with one attached hydrogen (secondary N) is 1. The smallest absolute Gasteiger partial charge is 0.159 e. The molecule has 5 nitrogen and oxygen atoms in total. The second-order valence-electron chi connectivity index (χ2n) is 13.9. The van der Waals surface area contributed by atoms with Gasteiger partial charge in [-0.25, -0.2) is 9.98 Å². The minimum atomic E-state index is -0.267. The lowest BCUT2D eigenvalue weighted by Crippen LogP contribution is -2.33. The fraction of sp³-hybridized carbons (Fsp3) is 0.0204. The predicted molar refractivity (Wildman–Crippen MR) is 224 cm³/mol. The Morgan fingerprint density at radius 1 is 0.407 bits per heavy atom. The first-order chi connectivity index (χ1) is 26.8. The van der Waals surface area contributed by atoms with Gasteiger partial charge in [0, 0.05) is 44.0 Å². The fourth-order valence-electron chi connectivity index (χ4n) is 8.21. The molecule has 3 heterocycles. The molecule has 8 aromatic carbocycles. The van der Waals surface area contributed by atoms with Gasteiger partial charge in [0.15, 0.2) is 5.84 Å². The number of hydrogen-bond donors (Lipinski definition) is 1. The van der Waals surface area contributed by atoms with E-state index >= 15 is 0 Å². The average molecular weight is 692 g/mol. The van der Waals surface area contributed by atoms with Crippen molar-refractivity contribution in [2.75, 3.05) is 0 Å². The van der Waals surface area contributed by atoms with E-state index in [1.165, 1.54) is 43.4 Å². The van der Waals surface area contributed by atoms with Crippen molar-refractivity contribution in [2.45, 2.75) is 6.17 Å². The van der Waals surface area contributed by atoms with Crippen LogP contribution < -0.4 is 5.32 Å². The van der Waals surface area contributed by atoms with Gasteiger partial charge in [-0.2, -0.15) is 0 Å². The molecule has 1 N–H and O–H groups in total. The average Bonchev–Trinajstić information content (AvgIpc) is 3.75. The van der Waals surface area contributed by atoms with Crippen LogP contribution in [-0.4, -0.2) is 20.8 Å². The molecule has 0 amide bonds. The standard InChI is InChI=1S/C49H33N5/c1-3-15-33(16-4-1)47-50-48(34-17-5-2-6-18-34)52-49(51-47)36-20-13-21-37(29-36)53-43-24-11-9-22-39(43)41-30-42-40-23-10-12-25-44(40)54(46(42)31-45(41)53)38-27-26-32-14-7-8-19-35(32)28-38/h1-31,47H,(H,50,51,52). The Hall–Kier alpha value is -7.24. The van der Waals surface area contributed by atoms with Crippen molar-refractivity contribution in [3.63, 3.8) is 0 Å². The van der Waals surface area contributed by atoms with E-state index in [0.717, 1.165) is 44.9 Å². The molecule has 1 aliphatic heterocycles. The first-order valence-corrected chi connectivity index (χ1v) is 18.4. The molecule has 0 spiro atoms. The van der Waals surface area contributed by atoms with Crippen LogP contribution in [0.25, 0.3) is 65.8 Å². The predicted octanol–water partition coefficient (Wildman–Crippen LogP) is 11.5. The lowest BCUT2D eigenvalue weighted by atomic mass is 10.1. The number of nitrogens with zero attached hydrogens (tertiary/aromatic N) is 4. The third-order valence-electron chi connectivity index (χ3n) is 10.7. The second-order valence-corrected chi connectivity index (χ2v) is 13.9. The number of aromatic nitrogens is 2. The molecule has 1 unspecified atom stereocenters. The number of fused-ring (bicyclic) bond motifs is 7. The molecule has 11 rings (SSSR count). The van der Waals surface area contributed by atoms with Crippen LogP contribution in [0, 0.1) is 0 Å². The molecule has 0 bridgehead atoms. The van der Waals surface area contributed by atoms with Crippen molar-refractivity contribution in [3.8, 4) is 11.4 Å². The molecule has 0 aliphatic carbocycles. The summed E-state index contributed by atoms with van der Waals surface area (Å²) in [7, 11) is 0. The van der Waals surface area contributed by atoms with Crippen LogP contribution in [0.1, 0.15) is 22.9 Å². The Morgan fingerprint density at radius 2 is 1.00 bits per heavy atom. The second kappa shape index (κ2) is 12.2. The van der Waals surface area contributed by atoms with Crippen molar-refractivity contribution in [1.82, 2.24) is 14.5 Å². The lowest BCUT2D eigenvalue weighted by Gasteiger charge is -2.24. The molecule has 54 heavy (non-hydrogen) atoms. The number of rotatable bonds is 5. The van der Waals surface area contributed by atoms with E-state index in [2.05, 4.69) is 178 Å². The zero-order chi connectivity index (χ0) is 35.6. The van der Waals surface area contributed by atoms with Gasteiger partial charge in [-0.3, -0.25) is 0 Å². The molecule has 10 aromatic rings. The molecule has 0 saturated heterocycles. The summed E-state index contributed by atoms with van der Waals surface area (Å²) in [5.74, 6) is 1.50. The molecule has 0 radical (unpaired) electrons. The van der Waals surface area contributed by atoms with E-state index in [0.29, 0.717) is 5.84 Å². The van der Waals surface area contributed by atoms with Gasteiger partial charge in [0.25, 0.3) is 0 Å². The summed E-state index contributed by atoms with van der Waals surface area (Å²) in [6.45, 7) is 0. The molecular weight excluding hydrogens is 659 g/mol. The third kappa shape index (κ3) is 4.86. The Kier molecular flexibility index (Phi) is 6.85.